The summed E-state index contributed by atoms with van der Waals surface area (Å²) in [7, 11) is 0. The molecule has 15 heavy (non-hydrogen) atoms. The molecule has 0 spiro atoms. The van der Waals surface area contributed by atoms with Crippen LogP contribution in [0.2, 0.25) is 0 Å². The van der Waals surface area contributed by atoms with Crippen molar-refractivity contribution in [3.05, 3.63) is 29.8 Å². The van der Waals surface area contributed by atoms with Gasteiger partial charge in [0.05, 0.1) is 5.69 Å². The van der Waals surface area contributed by atoms with E-state index in [9.17, 15) is 0 Å². The SMILES string of the molecule is CC.CCNCC1=Nc2ccccc2C1. The number of nitrogens with zero attached hydrogens (tertiary/aromatic N) is 1. The molecule has 0 atom stereocenters. The molecule has 0 amide bonds. The van der Waals surface area contributed by atoms with Crippen LogP contribution in [0.4, 0.5) is 5.69 Å². The normalized spacial score (nSPS) is 12.6. The van der Waals surface area contributed by atoms with Crippen molar-refractivity contribution in [1.29, 1.82) is 0 Å². The van der Waals surface area contributed by atoms with Crippen LogP contribution in [0.3, 0.4) is 0 Å². The predicted octanol–water partition coefficient (Wildman–Crippen LogP) is 2.95. The molecule has 0 saturated heterocycles. The summed E-state index contributed by atoms with van der Waals surface area (Å²) in [5.41, 5.74) is 3.76. The van der Waals surface area contributed by atoms with E-state index in [0.717, 1.165) is 25.2 Å². The summed E-state index contributed by atoms with van der Waals surface area (Å²) in [5, 5.41) is 3.29. The Kier molecular flexibility index (Phi) is 5.05. The lowest BCUT2D eigenvalue weighted by Gasteiger charge is -1.99. The quantitative estimate of drug-likeness (QED) is 0.804. The van der Waals surface area contributed by atoms with E-state index in [-0.39, 0.29) is 0 Å². The van der Waals surface area contributed by atoms with Crippen molar-refractivity contribution < 1.29 is 0 Å². The van der Waals surface area contributed by atoms with Crippen molar-refractivity contribution in [2.75, 3.05) is 13.1 Å². The molecule has 1 aromatic carbocycles. The molecule has 0 bridgehead atoms. The minimum absolute atomic E-state index is 0.922. The zero-order valence-electron chi connectivity index (χ0n) is 9.88. The summed E-state index contributed by atoms with van der Waals surface area (Å²) in [6.07, 6.45) is 1.02. The van der Waals surface area contributed by atoms with Gasteiger partial charge < -0.3 is 5.32 Å². The number of benzene rings is 1. The zero-order valence-corrected chi connectivity index (χ0v) is 9.88. The molecule has 0 radical (unpaired) electrons. The van der Waals surface area contributed by atoms with Gasteiger partial charge in [0.25, 0.3) is 0 Å². The van der Waals surface area contributed by atoms with Crippen LogP contribution in [0.5, 0.6) is 0 Å². The molecule has 82 valence electrons. The van der Waals surface area contributed by atoms with Crippen molar-refractivity contribution in [3.63, 3.8) is 0 Å². The molecule has 1 aliphatic heterocycles. The second-order valence-electron chi connectivity index (χ2n) is 3.26. The predicted molar refractivity (Wildman–Crippen MR) is 67.1 cm³/mol. The Morgan fingerprint density at radius 1 is 1.27 bits per heavy atom. The number of para-hydroxylation sites is 1. The van der Waals surface area contributed by atoms with E-state index < -0.39 is 0 Å². The zero-order chi connectivity index (χ0) is 11.1. The first-order valence-corrected chi connectivity index (χ1v) is 5.75. The van der Waals surface area contributed by atoms with Gasteiger partial charge in [0.1, 0.15) is 0 Å². The van der Waals surface area contributed by atoms with Gasteiger partial charge in [0.2, 0.25) is 0 Å². The van der Waals surface area contributed by atoms with E-state index in [1.165, 1.54) is 11.3 Å². The minimum atomic E-state index is 0.922. The van der Waals surface area contributed by atoms with E-state index in [1.54, 1.807) is 0 Å². The van der Waals surface area contributed by atoms with Gasteiger partial charge in [0, 0.05) is 18.7 Å². The largest absolute Gasteiger partial charge is 0.312 e. The maximum Gasteiger partial charge on any atom is 0.0665 e. The van der Waals surface area contributed by atoms with Crippen LogP contribution in [0, 0.1) is 0 Å². The van der Waals surface area contributed by atoms with Crippen LogP contribution in [0.15, 0.2) is 29.3 Å². The molecular formula is C13H20N2. The summed E-state index contributed by atoms with van der Waals surface area (Å²) in [5.74, 6) is 0. The molecule has 0 unspecified atom stereocenters. The lowest BCUT2D eigenvalue weighted by Crippen LogP contribution is -2.22. The van der Waals surface area contributed by atoms with E-state index in [2.05, 4.69) is 35.4 Å². The Morgan fingerprint density at radius 3 is 2.67 bits per heavy atom. The first-order valence-electron chi connectivity index (χ1n) is 5.75. The molecular weight excluding hydrogens is 184 g/mol. The highest BCUT2D eigenvalue weighted by Crippen LogP contribution is 2.25. The molecule has 2 nitrogen and oxygen atoms in total. The Bertz CT molecular complexity index is 329. The molecule has 0 fully saturated rings. The lowest BCUT2D eigenvalue weighted by atomic mass is 10.1. The van der Waals surface area contributed by atoms with Crippen LogP contribution in [-0.4, -0.2) is 18.8 Å². The monoisotopic (exact) mass is 204 g/mol. The van der Waals surface area contributed by atoms with Crippen molar-refractivity contribution in [3.8, 4) is 0 Å². The van der Waals surface area contributed by atoms with Crippen LogP contribution < -0.4 is 5.32 Å². The third-order valence-electron chi connectivity index (χ3n) is 2.24. The molecule has 1 aliphatic rings. The number of hydrogen-bond donors (Lipinski definition) is 1. The molecule has 2 heteroatoms. The highest BCUT2D eigenvalue weighted by atomic mass is 14.9. The van der Waals surface area contributed by atoms with Crippen LogP contribution in [0.25, 0.3) is 0 Å². The third-order valence-corrected chi connectivity index (χ3v) is 2.24. The maximum atomic E-state index is 4.54. The molecule has 0 aliphatic carbocycles. The van der Waals surface area contributed by atoms with E-state index >= 15 is 0 Å². The molecule has 2 rings (SSSR count). The fourth-order valence-corrected chi connectivity index (χ4v) is 1.57. The fourth-order valence-electron chi connectivity index (χ4n) is 1.57. The second kappa shape index (κ2) is 6.36. The Hall–Kier alpha value is -1.15. The van der Waals surface area contributed by atoms with Gasteiger partial charge in [-0.2, -0.15) is 0 Å². The first-order chi connectivity index (χ1) is 7.40. The van der Waals surface area contributed by atoms with Gasteiger partial charge in [-0.25, -0.2) is 0 Å². The van der Waals surface area contributed by atoms with Gasteiger partial charge >= 0.3 is 0 Å². The summed E-state index contributed by atoms with van der Waals surface area (Å²) >= 11 is 0. The van der Waals surface area contributed by atoms with Crippen molar-refractivity contribution >= 4 is 11.4 Å². The number of rotatable bonds is 3. The molecule has 1 N–H and O–H groups in total. The van der Waals surface area contributed by atoms with Crippen LogP contribution >= 0.6 is 0 Å². The van der Waals surface area contributed by atoms with Gasteiger partial charge in [-0.1, -0.05) is 39.0 Å². The molecule has 0 aromatic heterocycles. The van der Waals surface area contributed by atoms with Crippen LogP contribution in [0.1, 0.15) is 26.3 Å². The van der Waals surface area contributed by atoms with E-state index in [4.69, 9.17) is 0 Å². The summed E-state index contributed by atoms with van der Waals surface area (Å²) in [6, 6.07) is 8.34. The third kappa shape index (κ3) is 3.17. The Balaban J connectivity index is 0.000000531. The first kappa shape index (κ1) is 11.9. The lowest BCUT2D eigenvalue weighted by molar-refractivity contribution is 0.813. The average molecular weight is 204 g/mol. The van der Waals surface area contributed by atoms with Crippen molar-refractivity contribution in [2.45, 2.75) is 27.2 Å². The Labute approximate surface area is 92.4 Å². The Morgan fingerprint density at radius 2 is 2.00 bits per heavy atom. The van der Waals surface area contributed by atoms with Crippen molar-refractivity contribution in [2.24, 2.45) is 4.99 Å². The number of fused-ring (bicyclic) bond motifs is 1. The number of aliphatic imine (C=N–C) groups is 1. The van der Waals surface area contributed by atoms with E-state index in [1.807, 2.05) is 19.9 Å². The summed E-state index contributed by atoms with van der Waals surface area (Å²) < 4.78 is 0. The van der Waals surface area contributed by atoms with Gasteiger partial charge in [-0.15, -0.1) is 0 Å². The van der Waals surface area contributed by atoms with E-state index in [0.29, 0.717) is 0 Å². The number of nitrogens with one attached hydrogen (secondary N) is 1. The molecule has 0 saturated carbocycles. The molecule has 1 heterocycles. The second-order valence-corrected chi connectivity index (χ2v) is 3.26. The highest BCUT2D eigenvalue weighted by Gasteiger charge is 2.12. The maximum absolute atomic E-state index is 4.54. The summed E-state index contributed by atoms with van der Waals surface area (Å²) in [6.45, 7) is 8.04. The smallest absolute Gasteiger partial charge is 0.0665 e. The van der Waals surface area contributed by atoms with Crippen molar-refractivity contribution in [1.82, 2.24) is 5.32 Å². The van der Waals surface area contributed by atoms with Crippen LogP contribution in [-0.2, 0) is 6.42 Å². The summed E-state index contributed by atoms with van der Waals surface area (Å²) in [4.78, 5) is 4.54. The molecule has 1 aromatic rings. The minimum Gasteiger partial charge on any atom is -0.312 e. The van der Waals surface area contributed by atoms with Gasteiger partial charge in [0.15, 0.2) is 0 Å². The fraction of sp³-hybridized carbons (Fsp3) is 0.462. The number of hydrogen-bond acceptors (Lipinski definition) is 2. The standard InChI is InChI=1S/C11H14N2.C2H6/c1-2-12-8-10-7-9-5-3-4-6-11(9)13-10;1-2/h3-6,12H,2,7-8H2,1H3;1-2H3. The average Bonchev–Trinajstić information content (AvgIpc) is 2.71. The topological polar surface area (TPSA) is 24.4 Å². The van der Waals surface area contributed by atoms with Gasteiger partial charge in [-0.05, 0) is 18.2 Å². The van der Waals surface area contributed by atoms with Gasteiger partial charge in [-0.3, -0.25) is 4.99 Å². The highest BCUT2D eigenvalue weighted by molar-refractivity contribution is 5.95.